The molecule has 186 valence electrons. The maximum absolute atomic E-state index is 15.1. The minimum Gasteiger partial charge on any atom is -0.394 e. The van der Waals surface area contributed by atoms with E-state index >= 15 is 4.39 Å². The van der Waals surface area contributed by atoms with Gasteiger partial charge in [0.15, 0.2) is 10.8 Å². The summed E-state index contributed by atoms with van der Waals surface area (Å²) in [4.78, 5) is 17.6. The fraction of sp³-hybridized carbons (Fsp3) is 0.609. The van der Waals surface area contributed by atoms with Gasteiger partial charge >= 0.3 is 0 Å². The van der Waals surface area contributed by atoms with E-state index in [9.17, 15) is 10.2 Å². The van der Waals surface area contributed by atoms with Crippen molar-refractivity contribution in [1.29, 1.82) is 0 Å². The molecule has 0 amide bonds. The van der Waals surface area contributed by atoms with Gasteiger partial charge in [-0.2, -0.15) is 9.37 Å². The van der Waals surface area contributed by atoms with Gasteiger partial charge in [-0.3, -0.25) is 0 Å². The molecule has 2 atom stereocenters. The van der Waals surface area contributed by atoms with Crippen LogP contribution in [-0.4, -0.2) is 63.5 Å². The topological polar surface area (TPSA) is 112 Å². The normalized spacial score (nSPS) is 21.2. The quantitative estimate of drug-likeness (QED) is 0.516. The van der Waals surface area contributed by atoms with E-state index < -0.39 is 5.95 Å². The fourth-order valence-electron chi connectivity index (χ4n) is 4.64. The number of aliphatic hydroxyl groups is 2. The Labute approximate surface area is 208 Å². The van der Waals surface area contributed by atoms with Crippen LogP contribution in [0.1, 0.15) is 45.2 Å². The average Bonchev–Trinajstić information content (AvgIpc) is 3.30. The first kappa shape index (κ1) is 25.4. The number of pyridine rings is 1. The zero-order valence-electron chi connectivity index (χ0n) is 19.5. The molecule has 0 bridgehead atoms. The van der Waals surface area contributed by atoms with Crippen molar-refractivity contribution in [1.82, 2.24) is 15.0 Å². The molecular weight excluding hydrogens is 479 g/mol. The summed E-state index contributed by atoms with van der Waals surface area (Å²) in [6.07, 6.45) is 5.15. The van der Waals surface area contributed by atoms with Crippen LogP contribution in [0.2, 0.25) is 5.02 Å². The van der Waals surface area contributed by atoms with Crippen LogP contribution in [-0.2, 0) is 6.61 Å². The monoisotopic (exact) mass is 510 g/mol. The summed E-state index contributed by atoms with van der Waals surface area (Å²) < 4.78 is 15.1. The van der Waals surface area contributed by atoms with Gasteiger partial charge < -0.3 is 25.7 Å². The summed E-state index contributed by atoms with van der Waals surface area (Å²) in [7, 11) is 0. The summed E-state index contributed by atoms with van der Waals surface area (Å²) in [6.45, 7) is 5.96. The first-order chi connectivity index (χ1) is 16.3. The third kappa shape index (κ3) is 4.97. The Morgan fingerprint density at radius 1 is 1.26 bits per heavy atom. The van der Waals surface area contributed by atoms with Gasteiger partial charge in [-0.25, -0.2) is 9.97 Å². The molecule has 0 radical (unpaired) electrons. The Kier molecular flexibility index (Phi) is 7.83. The van der Waals surface area contributed by atoms with E-state index in [1.54, 1.807) is 12.3 Å². The van der Waals surface area contributed by atoms with Gasteiger partial charge in [0.25, 0.3) is 0 Å². The van der Waals surface area contributed by atoms with Gasteiger partial charge in [0, 0.05) is 36.8 Å². The molecule has 2 aliphatic rings. The van der Waals surface area contributed by atoms with E-state index in [0.29, 0.717) is 40.3 Å². The fourth-order valence-corrected chi connectivity index (χ4v) is 5.78. The lowest BCUT2D eigenvalue weighted by Gasteiger charge is -2.42. The smallest absolute Gasteiger partial charge is 0.247 e. The molecule has 4 heterocycles. The van der Waals surface area contributed by atoms with Crippen molar-refractivity contribution in [3.63, 3.8) is 0 Å². The molecule has 0 saturated carbocycles. The molecular formula is C23H32ClFN6O2S. The zero-order chi connectivity index (χ0) is 24.5. The Bertz CT molecular complexity index is 1020. The highest BCUT2D eigenvalue weighted by Crippen LogP contribution is 2.40. The van der Waals surface area contributed by atoms with Crippen LogP contribution in [0.3, 0.4) is 0 Å². The van der Waals surface area contributed by atoms with Crippen molar-refractivity contribution in [2.75, 3.05) is 36.0 Å². The summed E-state index contributed by atoms with van der Waals surface area (Å²) in [5.74, 6) is 0.239. The maximum atomic E-state index is 15.1. The lowest BCUT2D eigenvalue weighted by atomic mass is 9.75. The number of nitrogens with zero attached hydrogens (tertiary/aromatic N) is 5. The van der Waals surface area contributed by atoms with Crippen LogP contribution in [0, 0.1) is 11.4 Å². The van der Waals surface area contributed by atoms with Crippen LogP contribution in [0.15, 0.2) is 22.2 Å². The van der Waals surface area contributed by atoms with Crippen LogP contribution < -0.4 is 15.5 Å². The lowest BCUT2D eigenvalue weighted by Crippen LogP contribution is -2.47. The van der Waals surface area contributed by atoms with E-state index in [-0.39, 0.29) is 35.7 Å². The summed E-state index contributed by atoms with van der Waals surface area (Å²) in [5, 5.41) is 20.1. The molecule has 2 aliphatic heterocycles. The van der Waals surface area contributed by atoms with Gasteiger partial charge in [-0.05, 0) is 44.1 Å². The second kappa shape index (κ2) is 10.5. The van der Waals surface area contributed by atoms with Crippen molar-refractivity contribution < 1.29 is 14.6 Å². The summed E-state index contributed by atoms with van der Waals surface area (Å²) in [6, 6.07) is 1.74. The molecule has 4 N–H and O–H groups in total. The van der Waals surface area contributed by atoms with Crippen molar-refractivity contribution in [2.45, 2.75) is 68.1 Å². The number of halogens is 2. The average molecular weight is 511 g/mol. The van der Waals surface area contributed by atoms with Gasteiger partial charge in [-0.1, -0.05) is 30.3 Å². The van der Waals surface area contributed by atoms with Gasteiger partial charge in [-0.15, -0.1) is 0 Å². The third-order valence-electron chi connectivity index (χ3n) is 7.23. The number of hydrogen-bond donors (Lipinski definition) is 3. The molecule has 11 heteroatoms. The first-order valence-electron chi connectivity index (χ1n) is 11.6. The number of rotatable bonds is 7. The molecule has 34 heavy (non-hydrogen) atoms. The second-order valence-corrected chi connectivity index (χ2v) is 10.8. The molecule has 2 saturated heterocycles. The molecule has 0 aromatic carbocycles. The molecule has 0 aliphatic carbocycles. The van der Waals surface area contributed by atoms with Crippen LogP contribution >= 0.6 is 23.4 Å². The van der Waals surface area contributed by atoms with Gasteiger partial charge in [0.1, 0.15) is 11.5 Å². The summed E-state index contributed by atoms with van der Waals surface area (Å²) in [5.41, 5.74) is 6.51. The Morgan fingerprint density at radius 3 is 2.65 bits per heavy atom. The van der Waals surface area contributed by atoms with E-state index in [4.69, 9.17) is 17.3 Å². The minimum atomic E-state index is -0.707. The highest BCUT2D eigenvalue weighted by Gasteiger charge is 2.35. The largest absolute Gasteiger partial charge is 0.394 e. The summed E-state index contributed by atoms with van der Waals surface area (Å²) >= 11 is 7.70. The molecule has 2 aromatic rings. The second-order valence-electron chi connectivity index (χ2n) is 9.40. The number of aliphatic hydroxyl groups excluding tert-OH is 2. The van der Waals surface area contributed by atoms with Crippen LogP contribution in [0.5, 0.6) is 0 Å². The Balaban J connectivity index is 1.57. The SMILES string of the molecule is CC(N)C1(C)CCN(c2nc(F)c(Sc3ccnc(N4CCCC4CO)c3Cl)nc2CO)CC1. The maximum Gasteiger partial charge on any atom is 0.247 e. The van der Waals surface area contributed by atoms with E-state index in [1.165, 1.54) is 0 Å². The number of piperidine rings is 1. The first-order valence-corrected chi connectivity index (χ1v) is 12.8. The van der Waals surface area contributed by atoms with Crippen LogP contribution in [0.4, 0.5) is 16.0 Å². The highest BCUT2D eigenvalue weighted by atomic mass is 35.5. The molecule has 0 spiro atoms. The molecule has 2 aromatic heterocycles. The predicted octanol–water partition coefficient (Wildman–Crippen LogP) is 3.22. The Hall–Kier alpha value is -1.72. The highest BCUT2D eigenvalue weighted by molar-refractivity contribution is 7.99. The van der Waals surface area contributed by atoms with Crippen molar-refractivity contribution in [3.8, 4) is 0 Å². The lowest BCUT2D eigenvalue weighted by molar-refractivity contribution is 0.204. The number of aromatic nitrogens is 3. The Morgan fingerprint density at radius 2 is 2.00 bits per heavy atom. The van der Waals surface area contributed by atoms with E-state index in [0.717, 1.165) is 44.0 Å². The zero-order valence-corrected chi connectivity index (χ0v) is 21.1. The molecule has 8 nitrogen and oxygen atoms in total. The molecule has 2 unspecified atom stereocenters. The van der Waals surface area contributed by atoms with Crippen molar-refractivity contribution >= 4 is 35.0 Å². The molecule has 4 rings (SSSR count). The minimum absolute atomic E-state index is 0.0245. The predicted molar refractivity (Wildman–Crippen MR) is 132 cm³/mol. The van der Waals surface area contributed by atoms with Crippen molar-refractivity contribution in [2.24, 2.45) is 11.1 Å². The van der Waals surface area contributed by atoms with Crippen LogP contribution in [0.25, 0.3) is 0 Å². The number of nitrogens with two attached hydrogens (primary N) is 1. The molecule has 2 fully saturated rings. The van der Waals surface area contributed by atoms with Crippen molar-refractivity contribution in [3.05, 3.63) is 28.9 Å². The van der Waals surface area contributed by atoms with E-state index in [2.05, 4.69) is 21.9 Å². The van der Waals surface area contributed by atoms with Gasteiger partial charge in [0.2, 0.25) is 5.95 Å². The number of anilines is 2. The van der Waals surface area contributed by atoms with Gasteiger partial charge in [0.05, 0.1) is 24.3 Å². The number of hydrogen-bond acceptors (Lipinski definition) is 9. The standard InChI is InChI=1S/C23H32ClFN6O2S/c1-14(26)23(2)6-10-30(11-7-23)20-16(13-33)28-22(19(25)29-20)34-17-5-8-27-21(18(17)24)31-9-3-4-15(31)12-32/h5,8,14-15,32-33H,3-4,6-7,9-13,26H2,1-2H3. The van der Waals surface area contributed by atoms with E-state index in [1.807, 2.05) is 16.7 Å². The third-order valence-corrected chi connectivity index (χ3v) is 8.73.